The molecule has 1 N–H and O–H groups in total. The lowest BCUT2D eigenvalue weighted by Gasteiger charge is -2.16. The minimum Gasteiger partial charge on any atom is -0.310 e. The zero-order valence-corrected chi connectivity index (χ0v) is 10.4. The summed E-state index contributed by atoms with van der Waals surface area (Å²) in [5, 5.41) is 2.89. The van der Waals surface area contributed by atoms with E-state index in [1.54, 1.807) is 6.92 Å². The third-order valence-corrected chi connectivity index (χ3v) is 2.47. The fourth-order valence-corrected chi connectivity index (χ4v) is 1.88. The molecule has 0 spiro atoms. The van der Waals surface area contributed by atoms with Crippen LogP contribution in [0.5, 0.6) is 0 Å². The second kappa shape index (κ2) is 5.54. The van der Waals surface area contributed by atoms with Crippen LogP contribution in [-0.4, -0.2) is 12.2 Å². The highest BCUT2D eigenvalue weighted by Crippen LogP contribution is 2.21. The molecule has 1 unspecified atom stereocenters. The number of aryl methyl sites for hydroxylation is 2. The molecule has 1 aromatic rings. The average Bonchev–Trinajstić information content (AvgIpc) is 2.10. The summed E-state index contributed by atoms with van der Waals surface area (Å²) in [5.41, 5.74) is 3.28. The van der Waals surface area contributed by atoms with Gasteiger partial charge in [0.05, 0.1) is 6.42 Å². The Hall–Kier alpha value is -1.03. The molecule has 0 heterocycles. The molecule has 17 heavy (non-hydrogen) atoms. The van der Waals surface area contributed by atoms with Crippen molar-refractivity contribution in [1.82, 2.24) is 5.32 Å². The molecule has 96 valence electrons. The molecule has 0 fully saturated rings. The van der Waals surface area contributed by atoms with E-state index >= 15 is 0 Å². The van der Waals surface area contributed by atoms with Crippen molar-refractivity contribution in [1.29, 1.82) is 0 Å². The minimum atomic E-state index is -4.10. The van der Waals surface area contributed by atoms with Gasteiger partial charge in [0.25, 0.3) is 0 Å². The largest absolute Gasteiger partial charge is 0.390 e. The molecule has 0 aromatic heterocycles. The van der Waals surface area contributed by atoms with Crippen LogP contribution in [0.1, 0.15) is 30.0 Å². The van der Waals surface area contributed by atoms with Gasteiger partial charge in [0.2, 0.25) is 0 Å². The van der Waals surface area contributed by atoms with Crippen molar-refractivity contribution in [2.75, 3.05) is 0 Å². The van der Waals surface area contributed by atoms with E-state index in [-0.39, 0.29) is 0 Å². The second-order valence-corrected chi connectivity index (χ2v) is 4.60. The number of alkyl halides is 3. The maximum atomic E-state index is 12.1. The first kappa shape index (κ1) is 14.0. The van der Waals surface area contributed by atoms with Gasteiger partial charge in [-0.05, 0) is 26.3 Å². The maximum absolute atomic E-state index is 12.1. The van der Waals surface area contributed by atoms with Crippen LogP contribution in [0.15, 0.2) is 18.2 Å². The third-order valence-electron chi connectivity index (χ3n) is 2.47. The Morgan fingerprint density at radius 1 is 1.12 bits per heavy atom. The lowest BCUT2D eigenvalue weighted by atomic mass is 10.1. The summed E-state index contributed by atoms with van der Waals surface area (Å²) >= 11 is 0. The molecular formula is C13H18F3N. The first-order valence-electron chi connectivity index (χ1n) is 5.63. The summed E-state index contributed by atoms with van der Waals surface area (Å²) in [7, 11) is 0. The van der Waals surface area contributed by atoms with Crippen LogP contribution in [0.2, 0.25) is 0 Å². The number of rotatable bonds is 4. The van der Waals surface area contributed by atoms with Crippen LogP contribution in [0, 0.1) is 13.8 Å². The van der Waals surface area contributed by atoms with E-state index in [2.05, 4.69) is 5.32 Å². The molecule has 0 bridgehead atoms. The zero-order chi connectivity index (χ0) is 13.1. The molecule has 0 saturated carbocycles. The van der Waals surface area contributed by atoms with E-state index in [1.807, 2.05) is 32.0 Å². The molecule has 0 aliphatic rings. The molecule has 0 amide bonds. The standard InChI is InChI=1S/C13H18F3N/c1-9-4-10(2)6-12(5-9)8-17-11(3)7-13(14,15)16/h4-6,11,17H,7-8H2,1-3H3. The van der Waals surface area contributed by atoms with E-state index < -0.39 is 18.6 Å². The van der Waals surface area contributed by atoms with Gasteiger partial charge < -0.3 is 5.32 Å². The Morgan fingerprint density at radius 2 is 1.65 bits per heavy atom. The molecule has 0 radical (unpaired) electrons. The quantitative estimate of drug-likeness (QED) is 0.852. The van der Waals surface area contributed by atoms with Gasteiger partial charge in [-0.25, -0.2) is 0 Å². The van der Waals surface area contributed by atoms with Crippen LogP contribution < -0.4 is 5.32 Å². The average molecular weight is 245 g/mol. The summed E-state index contributed by atoms with van der Waals surface area (Å²) in [6, 6.07) is 5.46. The Labute approximate surface area is 100 Å². The van der Waals surface area contributed by atoms with E-state index in [0.29, 0.717) is 6.54 Å². The Kier molecular flexibility index (Phi) is 4.57. The number of hydrogen-bond acceptors (Lipinski definition) is 1. The van der Waals surface area contributed by atoms with Gasteiger partial charge in [0.1, 0.15) is 0 Å². The van der Waals surface area contributed by atoms with Gasteiger partial charge in [-0.3, -0.25) is 0 Å². The third kappa shape index (κ3) is 5.73. The lowest BCUT2D eigenvalue weighted by molar-refractivity contribution is -0.139. The van der Waals surface area contributed by atoms with Gasteiger partial charge >= 0.3 is 6.18 Å². The summed E-state index contributed by atoms with van der Waals surface area (Å²) < 4.78 is 36.4. The van der Waals surface area contributed by atoms with E-state index in [9.17, 15) is 13.2 Å². The van der Waals surface area contributed by atoms with Crippen LogP contribution in [0.4, 0.5) is 13.2 Å². The predicted octanol–water partition coefficient (Wildman–Crippen LogP) is 3.73. The summed E-state index contributed by atoms with van der Waals surface area (Å²) in [5.74, 6) is 0. The molecule has 0 aliphatic carbocycles. The van der Waals surface area contributed by atoms with Gasteiger partial charge in [0.15, 0.2) is 0 Å². The molecule has 4 heteroatoms. The molecule has 1 nitrogen and oxygen atoms in total. The summed E-state index contributed by atoms with van der Waals surface area (Å²) in [4.78, 5) is 0. The fourth-order valence-electron chi connectivity index (χ4n) is 1.88. The van der Waals surface area contributed by atoms with Crippen LogP contribution in [-0.2, 0) is 6.54 Å². The van der Waals surface area contributed by atoms with Crippen molar-refractivity contribution in [2.45, 2.75) is 46.0 Å². The van der Waals surface area contributed by atoms with Crippen LogP contribution >= 0.6 is 0 Å². The Morgan fingerprint density at radius 3 is 2.12 bits per heavy atom. The molecule has 0 aliphatic heterocycles. The monoisotopic (exact) mass is 245 g/mol. The highest BCUT2D eigenvalue weighted by molar-refractivity contribution is 5.28. The second-order valence-electron chi connectivity index (χ2n) is 4.60. The summed E-state index contributed by atoms with van der Waals surface area (Å²) in [6.45, 7) is 5.99. The SMILES string of the molecule is Cc1cc(C)cc(CNC(C)CC(F)(F)F)c1. The molecule has 1 rings (SSSR count). The lowest BCUT2D eigenvalue weighted by Crippen LogP contribution is -2.30. The number of hydrogen-bond donors (Lipinski definition) is 1. The van der Waals surface area contributed by atoms with Crippen molar-refractivity contribution < 1.29 is 13.2 Å². The van der Waals surface area contributed by atoms with Crippen LogP contribution in [0.25, 0.3) is 0 Å². The zero-order valence-electron chi connectivity index (χ0n) is 10.4. The fraction of sp³-hybridized carbons (Fsp3) is 0.538. The van der Waals surface area contributed by atoms with Gasteiger partial charge in [-0.1, -0.05) is 29.3 Å². The van der Waals surface area contributed by atoms with Crippen molar-refractivity contribution in [3.63, 3.8) is 0 Å². The predicted molar refractivity (Wildman–Crippen MR) is 62.9 cm³/mol. The van der Waals surface area contributed by atoms with Gasteiger partial charge in [0, 0.05) is 12.6 Å². The topological polar surface area (TPSA) is 12.0 Å². The molecule has 0 saturated heterocycles. The smallest absolute Gasteiger partial charge is 0.310 e. The van der Waals surface area contributed by atoms with Gasteiger partial charge in [-0.2, -0.15) is 13.2 Å². The van der Waals surface area contributed by atoms with E-state index in [0.717, 1.165) is 16.7 Å². The highest BCUT2D eigenvalue weighted by atomic mass is 19.4. The van der Waals surface area contributed by atoms with Crippen molar-refractivity contribution >= 4 is 0 Å². The van der Waals surface area contributed by atoms with Crippen molar-refractivity contribution in [3.8, 4) is 0 Å². The van der Waals surface area contributed by atoms with Crippen molar-refractivity contribution in [3.05, 3.63) is 34.9 Å². The Balaban J connectivity index is 2.50. The van der Waals surface area contributed by atoms with Crippen LogP contribution in [0.3, 0.4) is 0 Å². The first-order chi connectivity index (χ1) is 7.76. The number of benzene rings is 1. The number of nitrogens with one attached hydrogen (secondary N) is 1. The maximum Gasteiger partial charge on any atom is 0.390 e. The first-order valence-corrected chi connectivity index (χ1v) is 5.63. The molecule has 1 aromatic carbocycles. The number of halogens is 3. The van der Waals surface area contributed by atoms with E-state index in [4.69, 9.17) is 0 Å². The van der Waals surface area contributed by atoms with Crippen molar-refractivity contribution in [2.24, 2.45) is 0 Å². The normalized spacial score (nSPS) is 13.8. The summed E-state index contributed by atoms with van der Waals surface area (Å²) in [6.07, 6.45) is -4.90. The molecule has 1 atom stereocenters. The molecular weight excluding hydrogens is 227 g/mol. The van der Waals surface area contributed by atoms with Gasteiger partial charge in [-0.15, -0.1) is 0 Å². The van der Waals surface area contributed by atoms with E-state index in [1.165, 1.54) is 0 Å². The minimum absolute atomic E-state index is 0.472. The Bertz CT molecular complexity index is 351. The highest BCUT2D eigenvalue weighted by Gasteiger charge is 2.29.